The molecule has 0 spiro atoms. The Bertz CT molecular complexity index is 1220. The van der Waals surface area contributed by atoms with Crippen molar-refractivity contribution in [3.63, 3.8) is 0 Å². The summed E-state index contributed by atoms with van der Waals surface area (Å²) < 4.78 is 15.1. The van der Waals surface area contributed by atoms with E-state index in [-0.39, 0.29) is 29.4 Å². The number of nitrogens with zero attached hydrogens (tertiary/aromatic N) is 4. The Morgan fingerprint density at radius 2 is 1.97 bits per heavy atom. The Kier molecular flexibility index (Phi) is 6.75. The van der Waals surface area contributed by atoms with Crippen molar-refractivity contribution in [3.8, 4) is 0 Å². The summed E-state index contributed by atoms with van der Waals surface area (Å²) in [6.07, 6.45) is 3.09. The van der Waals surface area contributed by atoms with Crippen molar-refractivity contribution in [1.82, 2.24) is 15.4 Å². The molecule has 0 saturated heterocycles. The smallest absolute Gasteiger partial charge is 0.252 e. The monoisotopic (exact) mass is 559 g/mol. The first-order valence-electron chi connectivity index (χ1n) is 10.6. The Morgan fingerprint density at radius 3 is 2.74 bits per heavy atom. The second-order valence-electron chi connectivity index (χ2n) is 7.73. The Hall–Kier alpha value is -2.63. The maximum absolute atomic E-state index is 13.5. The molecule has 0 bridgehead atoms. The number of carbonyl (C=O) groups is 2. The summed E-state index contributed by atoms with van der Waals surface area (Å²) in [6, 6.07) is 13.5. The third kappa shape index (κ3) is 5.06. The molecular formula is C23H19BrFN5O2S2. The fraction of sp³-hybridized carbons (Fsp3) is 0.217. The molecule has 174 valence electrons. The molecule has 5 rings (SSSR count). The summed E-state index contributed by atoms with van der Waals surface area (Å²) in [5, 5.41) is 8.37. The lowest BCUT2D eigenvalue weighted by Crippen LogP contribution is -2.40. The van der Waals surface area contributed by atoms with Crippen LogP contribution in [0.25, 0.3) is 5.70 Å². The lowest BCUT2D eigenvalue weighted by atomic mass is 10.0. The molecule has 0 fully saturated rings. The molecule has 1 N–H and O–H groups in total. The number of hydrazine groups is 1. The Balaban J connectivity index is 1.32. The number of benzene rings is 2. The molecule has 0 aliphatic carbocycles. The predicted octanol–water partition coefficient (Wildman–Crippen LogP) is 4.75. The largest absolute Gasteiger partial charge is 0.295 e. The molecule has 3 aliphatic rings. The number of hydrogen-bond donors (Lipinski definition) is 1. The van der Waals surface area contributed by atoms with Crippen molar-refractivity contribution < 1.29 is 14.0 Å². The highest BCUT2D eigenvalue weighted by atomic mass is 79.9. The number of rotatable bonds is 4. The summed E-state index contributed by atoms with van der Waals surface area (Å²) in [4.78, 5) is 29.1. The minimum absolute atomic E-state index is 0.141. The van der Waals surface area contributed by atoms with Gasteiger partial charge in [0.05, 0.1) is 17.5 Å². The molecule has 2 aromatic carbocycles. The quantitative estimate of drug-likeness (QED) is 0.582. The highest BCUT2D eigenvalue weighted by molar-refractivity contribution is 9.10. The van der Waals surface area contributed by atoms with E-state index in [0.717, 1.165) is 21.3 Å². The molecule has 7 nitrogen and oxygen atoms in total. The van der Waals surface area contributed by atoms with E-state index in [0.29, 0.717) is 28.9 Å². The van der Waals surface area contributed by atoms with Crippen LogP contribution in [0.1, 0.15) is 30.0 Å². The van der Waals surface area contributed by atoms with E-state index in [1.54, 1.807) is 22.2 Å². The van der Waals surface area contributed by atoms with Crippen molar-refractivity contribution in [1.29, 1.82) is 0 Å². The van der Waals surface area contributed by atoms with Crippen LogP contribution in [0.2, 0.25) is 0 Å². The second-order valence-corrected chi connectivity index (χ2v) is 10.8. The predicted molar refractivity (Wildman–Crippen MR) is 137 cm³/mol. The molecule has 1 atom stereocenters. The molecule has 0 radical (unpaired) electrons. The zero-order chi connectivity index (χ0) is 23.7. The lowest BCUT2D eigenvalue weighted by molar-refractivity contribution is -0.131. The van der Waals surface area contributed by atoms with Gasteiger partial charge in [0.2, 0.25) is 5.91 Å². The molecule has 3 heterocycles. The van der Waals surface area contributed by atoms with E-state index in [1.807, 2.05) is 30.3 Å². The van der Waals surface area contributed by atoms with Gasteiger partial charge in [-0.15, -0.1) is 0 Å². The van der Waals surface area contributed by atoms with Gasteiger partial charge in [0.1, 0.15) is 5.82 Å². The average Bonchev–Trinajstić information content (AvgIpc) is 3.39. The fourth-order valence-corrected chi connectivity index (χ4v) is 5.82. The highest BCUT2D eigenvalue weighted by Crippen LogP contribution is 2.34. The van der Waals surface area contributed by atoms with Gasteiger partial charge in [-0.05, 0) is 59.7 Å². The number of hydrazone groups is 1. The average molecular weight is 560 g/mol. The van der Waals surface area contributed by atoms with Crippen molar-refractivity contribution >= 4 is 66.5 Å². The molecule has 0 saturated carbocycles. The third-order valence-corrected chi connectivity index (χ3v) is 7.97. The number of aliphatic imine (C=N–C) groups is 1. The summed E-state index contributed by atoms with van der Waals surface area (Å²) >= 11 is 6.06. The summed E-state index contributed by atoms with van der Waals surface area (Å²) in [5.41, 5.74) is 5.76. The number of halogens is 2. The third-order valence-electron chi connectivity index (χ3n) is 5.38. The van der Waals surface area contributed by atoms with Gasteiger partial charge in [0.15, 0.2) is 9.54 Å². The normalized spacial score (nSPS) is 19.8. The molecule has 2 aromatic rings. The van der Waals surface area contributed by atoms with Crippen LogP contribution in [0, 0.1) is 5.82 Å². The molecule has 2 amide bonds. The number of amidine groups is 1. The summed E-state index contributed by atoms with van der Waals surface area (Å²) in [7, 11) is 0. The van der Waals surface area contributed by atoms with Crippen LogP contribution in [0.3, 0.4) is 0 Å². The maximum atomic E-state index is 13.5. The molecule has 1 unspecified atom stereocenters. The molecule has 3 aliphatic heterocycles. The summed E-state index contributed by atoms with van der Waals surface area (Å²) in [6.45, 7) is 0.635. The number of thioether (sulfide) groups is 2. The zero-order valence-electron chi connectivity index (χ0n) is 17.8. The van der Waals surface area contributed by atoms with E-state index >= 15 is 0 Å². The number of hydrogen-bond acceptors (Lipinski definition) is 7. The van der Waals surface area contributed by atoms with Crippen LogP contribution >= 0.6 is 39.5 Å². The van der Waals surface area contributed by atoms with E-state index in [2.05, 4.69) is 31.4 Å². The van der Waals surface area contributed by atoms with Crippen molar-refractivity contribution in [2.24, 2.45) is 10.1 Å². The van der Waals surface area contributed by atoms with Crippen molar-refractivity contribution in [2.45, 2.75) is 18.9 Å². The highest BCUT2D eigenvalue weighted by Gasteiger charge is 2.32. The van der Waals surface area contributed by atoms with Crippen molar-refractivity contribution in [2.75, 3.05) is 12.3 Å². The topological polar surface area (TPSA) is 77.4 Å². The standard InChI is InChI=1S/C23H19BrFN5O2S2/c24-16-7-3-14(4-8-16)18-12-19(15-5-9-17(25)10-6-15)30(27-18)21(32)13-33-23-28-29-11-1-2-20(31)26-22(29)34-23/h3-10,12,19,27H,1-2,11,13H2. The maximum Gasteiger partial charge on any atom is 0.252 e. The van der Waals surface area contributed by atoms with Gasteiger partial charge in [-0.1, -0.05) is 52.0 Å². The van der Waals surface area contributed by atoms with Crippen molar-refractivity contribution in [3.05, 3.63) is 76.0 Å². The van der Waals surface area contributed by atoms with Crippen LogP contribution in [-0.2, 0) is 9.59 Å². The minimum Gasteiger partial charge on any atom is -0.295 e. The minimum atomic E-state index is -0.387. The van der Waals surface area contributed by atoms with Crippen LogP contribution in [0.4, 0.5) is 4.39 Å². The van der Waals surface area contributed by atoms with E-state index in [4.69, 9.17) is 0 Å². The van der Waals surface area contributed by atoms with E-state index in [1.165, 1.54) is 35.7 Å². The van der Waals surface area contributed by atoms with Crippen LogP contribution in [0.5, 0.6) is 0 Å². The molecule has 0 aromatic heterocycles. The second kappa shape index (κ2) is 9.93. The van der Waals surface area contributed by atoms with Gasteiger partial charge in [0, 0.05) is 17.4 Å². The molecular weight excluding hydrogens is 541 g/mol. The van der Waals surface area contributed by atoms with E-state index in [9.17, 15) is 14.0 Å². The van der Waals surface area contributed by atoms with Gasteiger partial charge >= 0.3 is 0 Å². The number of amides is 2. The number of nitrogens with one attached hydrogen (secondary N) is 1. The van der Waals surface area contributed by atoms with Crippen LogP contribution in [0.15, 0.2) is 69.2 Å². The number of fused-ring (bicyclic) bond motifs is 1. The molecule has 34 heavy (non-hydrogen) atoms. The molecule has 11 heteroatoms. The van der Waals surface area contributed by atoms with E-state index < -0.39 is 0 Å². The lowest BCUT2D eigenvalue weighted by Gasteiger charge is -2.25. The van der Waals surface area contributed by atoms with Gasteiger partial charge in [-0.2, -0.15) is 10.1 Å². The van der Waals surface area contributed by atoms with Gasteiger partial charge in [0.25, 0.3) is 5.91 Å². The van der Waals surface area contributed by atoms with Gasteiger partial charge in [-0.25, -0.2) is 14.4 Å². The van der Waals surface area contributed by atoms with Gasteiger partial charge in [-0.3, -0.25) is 15.0 Å². The number of carbonyl (C=O) groups excluding carboxylic acids is 2. The fourth-order valence-electron chi connectivity index (χ4n) is 3.69. The zero-order valence-corrected chi connectivity index (χ0v) is 21.0. The first kappa shape index (κ1) is 23.1. The SMILES string of the molecule is O=C1CCCN2N=C(SCC(=O)N3NC(c4ccc(Br)cc4)=CC3c3ccc(F)cc3)SC2=N1. The Labute approximate surface area is 212 Å². The van der Waals surface area contributed by atoms with Gasteiger partial charge < -0.3 is 0 Å². The summed E-state index contributed by atoms with van der Waals surface area (Å²) in [5.74, 6) is -0.471. The first-order chi connectivity index (χ1) is 16.5. The Morgan fingerprint density at radius 1 is 1.21 bits per heavy atom. The first-order valence-corrected chi connectivity index (χ1v) is 13.2. The van der Waals surface area contributed by atoms with Crippen LogP contribution in [-0.4, -0.2) is 43.7 Å². The van der Waals surface area contributed by atoms with Crippen LogP contribution < -0.4 is 5.43 Å².